The van der Waals surface area contributed by atoms with Crippen LogP contribution in [-0.2, 0) is 0 Å². The van der Waals surface area contributed by atoms with Crippen molar-refractivity contribution in [1.82, 2.24) is 9.97 Å². The summed E-state index contributed by atoms with van der Waals surface area (Å²) in [5, 5.41) is 3.46. The van der Waals surface area contributed by atoms with Crippen LogP contribution in [0.15, 0.2) is 24.0 Å². The zero-order valence-electron chi connectivity index (χ0n) is 13.7. The van der Waals surface area contributed by atoms with Crippen LogP contribution < -0.4 is 10.2 Å². The predicted molar refractivity (Wildman–Crippen MR) is 92.3 cm³/mol. The Bertz CT molecular complexity index is 512. The van der Waals surface area contributed by atoms with E-state index in [1.165, 1.54) is 38.5 Å². The van der Waals surface area contributed by atoms with Gasteiger partial charge in [0.05, 0.1) is 0 Å². The Hall–Kier alpha value is -1.58. The van der Waals surface area contributed by atoms with Crippen LogP contribution in [0.25, 0.3) is 0 Å². The first kappa shape index (κ1) is 15.3. The summed E-state index contributed by atoms with van der Waals surface area (Å²) in [6.45, 7) is 5.53. The highest BCUT2D eigenvalue weighted by Gasteiger charge is 2.17. The van der Waals surface area contributed by atoms with Gasteiger partial charge in [-0.1, -0.05) is 18.6 Å². The molecule has 4 nitrogen and oxygen atoms in total. The standard InChI is InChI=1S/C18H28N4/c1-15-6-5-11-22(13-15)18-12-17(20-14-21-18)19-10-9-16-7-3-2-4-8-16/h7,12,14-15H,2-6,8-11,13H2,1H3,(H,19,20,21). The van der Waals surface area contributed by atoms with Gasteiger partial charge in [0.15, 0.2) is 0 Å². The smallest absolute Gasteiger partial charge is 0.134 e. The molecule has 1 atom stereocenters. The number of hydrogen-bond donors (Lipinski definition) is 1. The summed E-state index contributed by atoms with van der Waals surface area (Å²) in [6, 6.07) is 2.10. The third-order valence-electron chi connectivity index (χ3n) is 4.77. The summed E-state index contributed by atoms with van der Waals surface area (Å²) in [5.74, 6) is 2.79. The van der Waals surface area contributed by atoms with Gasteiger partial charge in [0.25, 0.3) is 0 Å². The molecule has 0 amide bonds. The van der Waals surface area contributed by atoms with Crippen LogP contribution in [0.3, 0.4) is 0 Å². The number of anilines is 2. The average Bonchev–Trinajstić information content (AvgIpc) is 2.56. The van der Waals surface area contributed by atoms with Gasteiger partial charge < -0.3 is 10.2 Å². The van der Waals surface area contributed by atoms with Gasteiger partial charge >= 0.3 is 0 Å². The Balaban J connectivity index is 1.53. The molecule has 0 saturated carbocycles. The van der Waals surface area contributed by atoms with Crippen molar-refractivity contribution in [2.75, 3.05) is 29.9 Å². The van der Waals surface area contributed by atoms with E-state index in [1.54, 1.807) is 11.9 Å². The zero-order valence-corrected chi connectivity index (χ0v) is 13.7. The summed E-state index contributed by atoms with van der Waals surface area (Å²) < 4.78 is 0. The third-order valence-corrected chi connectivity index (χ3v) is 4.77. The highest BCUT2D eigenvalue weighted by atomic mass is 15.2. The molecule has 2 heterocycles. The molecule has 1 aliphatic heterocycles. The second-order valence-electron chi connectivity index (χ2n) is 6.74. The van der Waals surface area contributed by atoms with Crippen LogP contribution in [0.1, 0.15) is 51.9 Å². The lowest BCUT2D eigenvalue weighted by atomic mass is 9.97. The number of piperidine rings is 1. The van der Waals surface area contributed by atoms with Crippen molar-refractivity contribution >= 4 is 11.6 Å². The second kappa shape index (κ2) is 7.61. The molecule has 1 aromatic rings. The van der Waals surface area contributed by atoms with E-state index in [-0.39, 0.29) is 0 Å². The largest absolute Gasteiger partial charge is 0.370 e. The number of nitrogens with one attached hydrogen (secondary N) is 1. The normalized spacial score (nSPS) is 22.3. The maximum Gasteiger partial charge on any atom is 0.134 e. The van der Waals surface area contributed by atoms with Gasteiger partial charge in [-0.15, -0.1) is 0 Å². The molecule has 1 aromatic heterocycles. The minimum absolute atomic E-state index is 0.762. The number of rotatable bonds is 5. The van der Waals surface area contributed by atoms with E-state index >= 15 is 0 Å². The van der Waals surface area contributed by atoms with Gasteiger partial charge in [0, 0.05) is 25.7 Å². The second-order valence-corrected chi connectivity index (χ2v) is 6.74. The lowest BCUT2D eigenvalue weighted by Gasteiger charge is -2.31. The Morgan fingerprint density at radius 2 is 2.23 bits per heavy atom. The van der Waals surface area contributed by atoms with Crippen molar-refractivity contribution in [3.05, 3.63) is 24.0 Å². The lowest BCUT2D eigenvalue weighted by molar-refractivity contribution is 0.444. The van der Waals surface area contributed by atoms with E-state index in [2.05, 4.69) is 39.3 Å². The van der Waals surface area contributed by atoms with E-state index in [9.17, 15) is 0 Å². The fourth-order valence-corrected chi connectivity index (χ4v) is 3.50. The summed E-state index contributed by atoms with van der Waals surface area (Å²) in [6.07, 6.45) is 13.1. The van der Waals surface area contributed by atoms with Crippen molar-refractivity contribution in [3.8, 4) is 0 Å². The predicted octanol–water partition coefficient (Wildman–Crippen LogP) is 4.02. The van der Waals surface area contributed by atoms with Gasteiger partial charge in [0.2, 0.25) is 0 Å². The van der Waals surface area contributed by atoms with E-state index in [1.807, 2.05) is 0 Å². The molecule has 4 heteroatoms. The molecule has 3 rings (SSSR count). The van der Waals surface area contributed by atoms with Crippen LogP contribution in [0, 0.1) is 5.92 Å². The van der Waals surface area contributed by atoms with Gasteiger partial charge in [-0.2, -0.15) is 0 Å². The van der Waals surface area contributed by atoms with Gasteiger partial charge in [0.1, 0.15) is 18.0 Å². The maximum atomic E-state index is 4.46. The Kier molecular flexibility index (Phi) is 5.30. The summed E-state index contributed by atoms with van der Waals surface area (Å²) in [4.78, 5) is 11.2. The molecular formula is C18H28N4. The first-order valence-electron chi connectivity index (χ1n) is 8.80. The monoisotopic (exact) mass is 300 g/mol. The van der Waals surface area contributed by atoms with Crippen molar-refractivity contribution in [1.29, 1.82) is 0 Å². The average molecular weight is 300 g/mol. The Morgan fingerprint density at radius 3 is 3.05 bits per heavy atom. The van der Waals surface area contributed by atoms with E-state index < -0.39 is 0 Å². The van der Waals surface area contributed by atoms with E-state index in [0.29, 0.717) is 0 Å². The van der Waals surface area contributed by atoms with Crippen molar-refractivity contribution in [2.24, 2.45) is 5.92 Å². The molecule has 1 unspecified atom stereocenters. The molecule has 0 radical (unpaired) electrons. The molecule has 1 aliphatic carbocycles. The van der Waals surface area contributed by atoms with E-state index in [4.69, 9.17) is 0 Å². The minimum atomic E-state index is 0.762. The van der Waals surface area contributed by atoms with Crippen molar-refractivity contribution in [2.45, 2.75) is 51.9 Å². The number of aromatic nitrogens is 2. The topological polar surface area (TPSA) is 41.0 Å². The third kappa shape index (κ3) is 4.21. The molecule has 0 aromatic carbocycles. The first-order chi connectivity index (χ1) is 10.8. The first-order valence-corrected chi connectivity index (χ1v) is 8.80. The number of hydrogen-bond acceptors (Lipinski definition) is 4. The Labute approximate surface area is 134 Å². The molecule has 0 spiro atoms. The van der Waals surface area contributed by atoms with Gasteiger partial charge in [-0.25, -0.2) is 9.97 Å². The molecule has 0 bridgehead atoms. The lowest BCUT2D eigenvalue weighted by Crippen LogP contribution is -2.34. The van der Waals surface area contributed by atoms with Gasteiger partial charge in [-0.05, 0) is 50.9 Å². The van der Waals surface area contributed by atoms with E-state index in [0.717, 1.165) is 43.6 Å². The number of allylic oxidation sites excluding steroid dienone is 1. The van der Waals surface area contributed by atoms with Crippen LogP contribution in [0.2, 0.25) is 0 Å². The molecule has 2 aliphatic rings. The fourth-order valence-electron chi connectivity index (χ4n) is 3.50. The van der Waals surface area contributed by atoms with Crippen molar-refractivity contribution < 1.29 is 0 Å². The van der Waals surface area contributed by atoms with Gasteiger partial charge in [-0.3, -0.25) is 0 Å². The quantitative estimate of drug-likeness (QED) is 0.834. The maximum absolute atomic E-state index is 4.46. The summed E-state index contributed by atoms with van der Waals surface area (Å²) >= 11 is 0. The SMILES string of the molecule is CC1CCCN(c2cc(NCCC3=CCCCC3)ncn2)C1. The molecular weight excluding hydrogens is 272 g/mol. The zero-order chi connectivity index (χ0) is 15.2. The van der Waals surface area contributed by atoms with Crippen LogP contribution >= 0.6 is 0 Å². The van der Waals surface area contributed by atoms with Crippen LogP contribution in [0.4, 0.5) is 11.6 Å². The van der Waals surface area contributed by atoms with Crippen LogP contribution in [0.5, 0.6) is 0 Å². The molecule has 1 saturated heterocycles. The molecule has 22 heavy (non-hydrogen) atoms. The molecule has 1 fully saturated rings. The highest BCUT2D eigenvalue weighted by molar-refractivity contribution is 5.48. The molecule has 120 valence electrons. The summed E-state index contributed by atoms with van der Waals surface area (Å²) in [7, 11) is 0. The summed E-state index contributed by atoms with van der Waals surface area (Å²) in [5.41, 5.74) is 1.61. The minimum Gasteiger partial charge on any atom is -0.370 e. The Morgan fingerprint density at radius 1 is 1.27 bits per heavy atom. The number of nitrogens with zero attached hydrogens (tertiary/aromatic N) is 3. The highest BCUT2D eigenvalue weighted by Crippen LogP contribution is 2.23. The molecule has 1 N–H and O–H groups in total. The van der Waals surface area contributed by atoms with Crippen molar-refractivity contribution in [3.63, 3.8) is 0 Å². The van der Waals surface area contributed by atoms with Crippen LogP contribution in [-0.4, -0.2) is 29.6 Å². The fraction of sp³-hybridized carbons (Fsp3) is 0.667.